The zero-order valence-corrected chi connectivity index (χ0v) is 9.98. The van der Waals surface area contributed by atoms with Gasteiger partial charge in [-0.3, -0.25) is 0 Å². The third-order valence-corrected chi connectivity index (χ3v) is 2.63. The average molecular weight is 225 g/mol. The van der Waals surface area contributed by atoms with E-state index in [2.05, 4.69) is 0 Å². The van der Waals surface area contributed by atoms with Crippen LogP contribution in [0.25, 0.3) is 0 Å². The minimum atomic E-state index is 0.418. The third-order valence-electron chi connectivity index (χ3n) is 2.25. The molecule has 15 heavy (non-hydrogen) atoms. The molecule has 0 radical (unpaired) electrons. The molecule has 0 aliphatic rings. The van der Waals surface area contributed by atoms with Crippen molar-refractivity contribution in [3.63, 3.8) is 0 Å². The lowest BCUT2D eigenvalue weighted by Crippen LogP contribution is -2.05. The van der Waals surface area contributed by atoms with Crippen molar-refractivity contribution in [3.05, 3.63) is 23.3 Å². The molecule has 0 atom stereocenters. The van der Waals surface area contributed by atoms with Crippen LogP contribution in [-0.2, 0) is 11.2 Å². The van der Waals surface area contributed by atoms with E-state index < -0.39 is 0 Å². The molecule has 2 N–H and O–H groups in total. The fourth-order valence-corrected chi connectivity index (χ4v) is 1.54. The van der Waals surface area contributed by atoms with Gasteiger partial charge in [-0.1, -0.05) is 6.92 Å². The van der Waals surface area contributed by atoms with Crippen LogP contribution in [0, 0.1) is 0 Å². The minimum Gasteiger partial charge on any atom is -0.496 e. The lowest BCUT2D eigenvalue weighted by atomic mass is 10.1. The number of aryl methyl sites for hydroxylation is 1. The first-order valence-electron chi connectivity index (χ1n) is 4.68. The summed E-state index contributed by atoms with van der Waals surface area (Å²) in [5.74, 6) is 0.650. The summed E-state index contributed by atoms with van der Waals surface area (Å²) in [6.45, 7) is 2.04. The molecule has 1 aromatic carbocycles. The van der Waals surface area contributed by atoms with Gasteiger partial charge in [0.2, 0.25) is 0 Å². The second kappa shape index (κ2) is 4.98. The van der Waals surface area contributed by atoms with Crippen molar-refractivity contribution in [3.8, 4) is 5.75 Å². The summed E-state index contributed by atoms with van der Waals surface area (Å²) in [6.07, 6.45) is 0.856. The minimum absolute atomic E-state index is 0.418. The predicted octanol–water partition coefficient (Wildman–Crippen LogP) is 2.16. The molecule has 0 spiro atoms. The summed E-state index contributed by atoms with van der Waals surface area (Å²) in [5, 5.41) is 0.418. The van der Waals surface area contributed by atoms with Crippen molar-refractivity contribution in [2.24, 2.45) is 0 Å². The van der Waals surface area contributed by atoms with E-state index in [1.165, 1.54) is 0 Å². The second-order valence-electron chi connectivity index (χ2n) is 3.10. The summed E-state index contributed by atoms with van der Waals surface area (Å²) >= 11 is 5.08. The summed E-state index contributed by atoms with van der Waals surface area (Å²) in [7, 11) is 3.13. The fraction of sp³-hybridized carbons (Fsp3) is 0.364. The van der Waals surface area contributed by atoms with Crippen molar-refractivity contribution in [2.45, 2.75) is 13.3 Å². The molecule has 1 aromatic rings. The number of ether oxygens (including phenoxy) is 2. The van der Waals surface area contributed by atoms with Crippen LogP contribution < -0.4 is 10.5 Å². The van der Waals surface area contributed by atoms with Gasteiger partial charge in [-0.25, -0.2) is 0 Å². The van der Waals surface area contributed by atoms with Gasteiger partial charge >= 0.3 is 0 Å². The van der Waals surface area contributed by atoms with Crippen LogP contribution in [0.3, 0.4) is 0 Å². The van der Waals surface area contributed by atoms with E-state index in [0.717, 1.165) is 23.2 Å². The first-order chi connectivity index (χ1) is 7.13. The molecule has 0 aliphatic carbocycles. The first-order valence-corrected chi connectivity index (χ1v) is 5.09. The summed E-state index contributed by atoms with van der Waals surface area (Å²) in [4.78, 5) is 0. The Balaban J connectivity index is 3.28. The molecule has 0 saturated carbocycles. The van der Waals surface area contributed by atoms with E-state index in [4.69, 9.17) is 27.4 Å². The lowest BCUT2D eigenvalue weighted by Gasteiger charge is -2.12. The second-order valence-corrected chi connectivity index (χ2v) is 3.47. The normalized spacial score (nSPS) is 9.80. The molecule has 0 unspecified atom stereocenters. The molecule has 4 heteroatoms. The van der Waals surface area contributed by atoms with Crippen LogP contribution in [-0.4, -0.2) is 19.3 Å². The van der Waals surface area contributed by atoms with Gasteiger partial charge in [0.05, 0.1) is 19.8 Å². The molecule has 3 nitrogen and oxygen atoms in total. The highest BCUT2D eigenvalue weighted by atomic mass is 32.1. The van der Waals surface area contributed by atoms with Crippen LogP contribution in [0.1, 0.15) is 18.1 Å². The number of rotatable bonds is 3. The summed E-state index contributed by atoms with van der Waals surface area (Å²) in [6, 6.07) is 3.69. The van der Waals surface area contributed by atoms with E-state index >= 15 is 0 Å². The maximum absolute atomic E-state index is 5.85. The molecule has 0 aliphatic heterocycles. The largest absolute Gasteiger partial charge is 0.496 e. The fourth-order valence-electron chi connectivity index (χ4n) is 1.38. The van der Waals surface area contributed by atoms with Crippen molar-refractivity contribution >= 4 is 23.0 Å². The molecule has 0 saturated heterocycles. The Bertz CT molecular complexity index is 377. The van der Waals surface area contributed by atoms with Gasteiger partial charge in [-0.05, 0) is 30.3 Å². The average Bonchev–Trinajstić information content (AvgIpc) is 2.27. The van der Waals surface area contributed by atoms with Crippen molar-refractivity contribution in [1.82, 2.24) is 0 Å². The Kier molecular flexibility index (Phi) is 3.91. The van der Waals surface area contributed by atoms with Crippen molar-refractivity contribution < 1.29 is 9.47 Å². The van der Waals surface area contributed by atoms with Crippen LogP contribution in [0.15, 0.2) is 12.1 Å². The summed E-state index contributed by atoms with van der Waals surface area (Å²) < 4.78 is 10.2. The molecular formula is C11H15NO2S. The van der Waals surface area contributed by atoms with Crippen LogP contribution in [0.5, 0.6) is 5.75 Å². The number of anilines is 1. The highest BCUT2D eigenvalue weighted by Gasteiger charge is 2.11. The van der Waals surface area contributed by atoms with Gasteiger partial charge in [0.1, 0.15) is 5.75 Å². The topological polar surface area (TPSA) is 44.5 Å². The highest BCUT2D eigenvalue weighted by molar-refractivity contribution is 7.80. The lowest BCUT2D eigenvalue weighted by molar-refractivity contribution is 0.397. The van der Waals surface area contributed by atoms with Crippen LogP contribution in [0.2, 0.25) is 0 Å². The van der Waals surface area contributed by atoms with Gasteiger partial charge in [-0.15, -0.1) is 0 Å². The van der Waals surface area contributed by atoms with Crippen LogP contribution >= 0.6 is 12.2 Å². The van der Waals surface area contributed by atoms with Gasteiger partial charge in [0.15, 0.2) is 5.05 Å². The molecule has 0 fully saturated rings. The van der Waals surface area contributed by atoms with Crippen molar-refractivity contribution in [2.75, 3.05) is 20.0 Å². The molecule has 0 aromatic heterocycles. The van der Waals surface area contributed by atoms with Crippen LogP contribution in [0.4, 0.5) is 5.69 Å². The van der Waals surface area contributed by atoms with Gasteiger partial charge in [0, 0.05) is 11.8 Å². The van der Waals surface area contributed by atoms with E-state index in [1.54, 1.807) is 20.3 Å². The third kappa shape index (κ3) is 2.39. The smallest absolute Gasteiger partial charge is 0.194 e. The zero-order valence-electron chi connectivity index (χ0n) is 9.16. The molecule has 0 amide bonds. The standard InChI is InChI=1S/C11H15NO2S/c1-4-7-5-8(11(15)14-3)10(13-2)6-9(7)12/h5-6H,4,12H2,1-3H3. The highest BCUT2D eigenvalue weighted by Crippen LogP contribution is 2.26. The maximum atomic E-state index is 5.85. The van der Waals surface area contributed by atoms with Gasteiger partial charge in [0.25, 0.3) is 0 Å². The number of methoxy groups -OCH3 is 2. The Hall–Kier alpha value is -1.29. The monoisotopic (exact) mass is 225 g/mol. The molecule has 0 bridgehead atoms. The summed E-state index contributed by atoms with van der Waals surface area (Å²) in [5.41, 5.74) is 8.40. The van der Waals surface area contributed by atoms with Gasteiger partial charge < -0.3 is 15.2 Å². The Morgan fingerprint density at radius 2 is 2.07 bits per heavy atom. The Labute approximate surface area is 95.2 Å². The number of hydrogen-bond donors (Lipinski definition) is 1. The number of nitrogen functional groups attached to an aromatic ring is 1. The first kappa shape index (κ1) is 11.8. The number of benzene rings is 1. The quantitative estimate of drug-likeness (QED) is 0.632. The Morgan fingerprint density at radius 3 is 2.53 bits per heavy atom. The number of hydrogen-bond acceptors (Lipinski definition) is 4. The van der Waals surface area contributed by atoms with E-state index in [-0.39, 0.29) is 0 Å². The molecular weight excluding hydrogens is 210 g/mol. The van der Waals surface area contributed by atoms with Crippen molar-refractivity contribution in [1.29, 1.82) is 0 Å². The molecule has 82 valence electrons. The zero-order chi connectivity index (χ0) is 11.4. The van der Waals surface area contributed by atoms with E-state index in [0.29, 0.717) is 10.8 Å². The molecule has 1 rings (SSSR count). The molecule has 0 heterocycles. The Morgan fingerprint density at radius 1 is 1.40 bits per heavy atom. The van der Waals surface area contributed by atoms with Gasteiger partial charge in [-0.2, -0.15) is 0 Å². The SMILES string of the molecule is CCc1cc(C(=S)OC)c(OC)cc1N. The maximum Gasteiger partial charge on any atom is 0.194 e. The van der Waals surface area contributed by atoms with E-state index in [9.17, 15) is 0 Å². The number of nitrogens with two attached hydrogens (primary N) is 1. The van der Waals surface area contributed by atoms with E-state index in [1.807, 2.05) is 13.0 Å². The number of thiocarbonyl (C=S) groups is 1. The predicted molar refractivity (Wildman–Crippen MR) is 65.5 cm³/mol.